The molecule has 0 bridgehead atoms. The number of rotatable bonds is 3. The maximum atomic E-state index is 10.2. The molecule has 0 radical (unpaired) electrons. The van der Waals surface area contributed by atoms with Crippen molar-refractivity contribution in [2.45, 2.75) is 39.0 Å². The van der Waals surface area contributed by atoms with Crippen molar-refractivity contribution >= 4 is 5.82 Å². The van der Waals surface area contributed by atoms with Crippen LogP contribution in [0.2, 0.25) is 0 Å². The molecule has 0 saturated carbocycles. The maximum absolute atomic E-state index is 10.2. The van der Waals surface area contributed by atoms with Gasteiger partial charge in [-0.05, 0) is 25.0 Å². The van der Waals surface area contributed by atoms with Crippen molar-refractivity contribution in [3.8, 4) is 11.9 Å². The van der Waals surface area contributed by atoms with Crippen molar-refractivity contribution < 1.29 is 9.84 Å². The van der Waals surface area contributed by atoms with Crippen molar-refractivity contribution in [2.75, 3.05) is 11.9 Å². The molecule has 1 aromatic carbocycles. The Morgan fingerprint density at radius 1 is 1.29 bits per heavy atom. The van der Waals surface area contributed by atoms with Gasteiger partial charge in [-0.2, -0.15) is 10.2 Å². The van der Waals surface area contributed by atoms with E-state index in [1.54, 1.807) is 0 Å². The van der Waals surface area contributed by atoms with E-state index >= 15 is 0 Å². The van der Waals surface area contributed by atoms with Gasteiger partial charge in [0, 0.05) is 25.6 Å². The number of ether oxygens (including phenoxy) is 1. The molecule has 1 aliphatic rings. The van der Waals surface area contributed by atoms with Crippen molar-refractivity contribution in [3.63, 3.8) is 0 Å². The highest BCUT2D eigenvalue weighted by Gasteiger charge is 2.32. The van der Waals surface area contributed by atoms with Crippen molar-refractivity contribution in [1.82, 2.24) is 4.98 Å². The van der Waals surface area contributed by atoms with Crippen LogP contribution in [-0.2, 0) is 24.3 Å². The second kappa shape index (κ2) is 6.14. The summed E-state index contributed by atoms with van der Waals surface area (Å²) in [6.07, 6.45) is 0.577. The number of aromatic hydroxyl groups is 1. The highest BCUT2D eigenvalue weighted by molar-refractivity contribution is 5.60. The minimum absolute atomic E-state index is 0.205. The number of nitriles is 1. The lowest BCUT2D eigenvalue weighted by atomic mass is 9.89. The number of aromatic nitrogens is 1. The monoisotopic (exact) mass is 323 g/mol. The summed E-state index contributed by atoms with van der Waals surface area (Å²) in [5.41, 5.74) is 2.79. The van der Waals surface area contributed by atoms with E-state index < -0.39 is 0 Å². The molecule has 0 spiro atoms. The summed E-state index contributed by atoms with van der Waals surface area (Å²) in [7, 11) is 1.93. The fourth-order valence-electron chi connectivity index (χ4n) is 3.10. The maximum Gasteiger partial charge on any atom is 0.231 e. The highest BCUT2D eigenvalue weighted by Crippen LogP contribution is 2.37. The summed E-state index contributed by atoms with van der Waals surface area (Å²) in [4.78, 5) is 6.26. The molecule has 0 fully saturated rings. The number of nitrogens with zero attached hydrogens (tertiary/aromatic N) is 3. The van der Waals surface area contributed by atoms with Gasteiger partial charge in [0.2, 0.25) is 5.88 Å². The molecule has 124 valence electrons. The molecule has 0 amide bonds. The molecule has 2 heterocycles. The van der Waals surface area contributed by atoms with Crippen LogP contribution in [0, 0.1) is 11.3 Å². The summed E-state index contributed by atoms with van der Waals surface area (Å²) in [6, 6.07) is 12.2. The van der Waals surface area contributed by atoms with Gasteiger partial charge >= 0.3 is 0 Å². The Morgan fingerprint density at radius 3 is 2.67 bits per heavy atom. The SMILES string of the molecule is CN(Cc1ccccc1)c1nc(O)c(C#N)c2c1COC(C)(C)C2. The number of fused-ring (bicyclic) bond motifs is 1. The predicted octanol–water partition coefficient (Wildman–Crippen LogP) is 3.15. The van der Waals surface area contributed by atoms with Gasteiger partial charge in [-0.15, -0.1) is 0 Å². The Balaban J connectivity index is 2.03. The third-order valence-corrected chi connectivity index (χ3v) is 4.32. The number of hydrogen-bond donors (Lipinski definition) is 1. The summed E-state index contributed by atoms with van der Waals surface area (Å²) in [6.45, 7) is 5.03. The molecule has 0 atom stereocenters. The molecule has 2 aromatic rings. The van der Waals surface area contributed by atoms with E-state index in [4.69, 9.17) is 4.74 Å². The van der Waals surface area contributed by atoms with Crippen LogP contribution >= 0.6 is 0 Å². The number of hydrogen-bond acceptors (Lipinski definition) is 5. The molecule has 5 nitrogen and oxygen atoms in total. The van der Waals surface area contributed by atoms with Crippen LogP contribution in [0.3, 0.4) is 0 Å². The van der Waals surface area contributed by atoms with Crippen molar-refractivity contribution in [2.24, 2.45) is 0 Å². The molecule has 1 N–H and O–H groups in total. The average molecular weight is 323 g/mol. The van der Waals surface area contributed by atoms with Crippen LogP contribution in [0.4, 0.5) is 5.82 Å². The second-order valence-electron chi connectivity index (χ2n) is 6.77. The van der Waals surface area contributed by atoms with Gasteiger partial charge in [0.1, 0.15) is 17.5 Å². The number of anilines is 1. The summed E-state index contributed by atoms with van der Waals surface area (Å²) >= 11 is 0. The zero-order chi connectivity index (χ0) is 17.3. The Labute approximate surface area is 142 Å². The van der Waals surface area contributed by atoms with E-state index in [0.29, 0.717) is 25.4 Å². The van der Waals surface area contributed by atoms with E-state index in [1.165, 1.54) is 0 Å². The standard InChI is InChI=1S/C19H21N3O2/c1-19(2)9-14-15(10-20)18(23)21-17(16(14)12-24-19)22(3)11-13-7-5-4-6-8-13/h4-8H,9,11-12H2,1-3H3,(H,21,23). The van der Waals surface area contributed by atoms with Gasteiger partial charge in [0.25, 0.3) is 0 Å². The van der Waals surface area contributed by atoms with Gasteiger partial charge in [-0.1, -0.05) is 30.3 Å². The number of pyridine rings is 1. The Hall–Kier alpha value is -2.58. The summed E-state index contributed by atoms with van der Waals surface area (Å²) in [5.74, 6) is 0.463. The quantitative estimate of drug-likeness (QED) is 0.939. The smallest absolute Gasteiger partial charge is 0.231 e. The van der Waals surface area contributed by atoms with Crippen LogP contribution < -0.4 is 4.90 Å². The first-order chi connectivity index (χ1) is 11.4. The van der Waals surface area contributed by atoms with E-state index in [9.17, 15) is 10.4 Å². The lowest BCUT2D eigenvalue weighted by molar-refractivity contribution is -0.0401. The van der Waals surface area contributed by atoms with Gasteiger partial charge in [-0.25, -0.2) is 0 Å². The lowest BCUT2D eigenvalue weighted by Crippen LogP contribution is -2.34. The van der Waals surface area contributed by atoms with Crippen LogP contribution in [0.1, 0.15) is 36.1 Å². The van der Waals surface area contributed by atoms with E-state index in [1.807, 2.05) is 56.1 Å². The highest BCUT2D eigenvalue weighted by atomic mass is 16.5. The predicted molar refractivity (Wildman–Crippen MR) is 91.7 cm³/mol. The zero-order valence-electron chi connectivity index (χ0n) is 14.2. The Bertz CT molecular complexity index is 794. The molecular formula is C19H21N3O2. The Morgan fingerprint density at radius 2 is 2.00 bits per heavy atom. The van der Waals surface area contributed by atoms with Gasteiger partial charge in [-0.3, -0.25) is 0 Å². The van der Waals surface area contributed by atoms with Crippen LogP contribution in [0.15, 0.2) is 30.3 Å². The molecule has 3 rings (SSSR count). The Kier molecular flexibility index (Phi) is 4.16. The summed E-state index contributed by atoms with van der Waals surface area (Å²) in [5, 5.41) is 19.6. The van der Waals surface area contributed by atoms with Crippen molar-refractivity contribution in [3.05, 3.63) is 52.6 Å². The molecule has 1 aliphatic heterocycles. The minimum atomic E-state index is -0.359. The lowest BCUT2D eigenvalue weighted by Gasteiger charge is -2.34. The van der Waals surface area contributed by atoms with E-state index in [0.717, 1.165) is 16.7 Å². The molecule has 0 aliphatic carbocycles. The van der Waals surface area contributed by atoms with E-state index in [-0.39, 0.29) is 17.0 Å². The first-order valence-electron chi connectivity index (χ1n) is 7.95. The van der Waals surface area contributed by atoms with Crippen LogP contribution in [-0.4, -0.2) is 22.7 Å². The van der Waals surface area contributed by atoms with Gasteiger partial charge in [0.15, 0.2) is 0 Å². The molecule has 0 saturated heterocycles. The van der Waals surface area contributed by atoms with Gasteiger partial charge in [0.05, 0.1) is 12.2 Å². The van der Waals surface area contributed by atoms with Gasteiger partial charge < -0.3 is 14.7 Å². The van der Waals surface area contributed by atoms with Crippen molar-refractivity contribution in [1.29, 1.82) is 5.26 Å². The van der Waals surface area contributed by atoms with Crippen LogP contribution in [0.25, 0.3) is 0 Å². The first kappa shape index (κ1) is 16.3. The first-order valence-corrected chi connectivity index (χ1v) is 7.95. The summed E-state index contributed by atoms with van der Waals surface area (Å²) < 4.78 is 5.91. The molecule has 24 heavy (non-hydrogen) atoms. The number of benzene rings is 1. The normalized spacial score (nSPS) is 15.4. The fraction of sp³-hybridized carbons (Fsp3) is 0.368. The zero-order valence-corrected chi connectivity index (χ0v) is 14.2. The topological polar surface area (TPSA) is 69.4 Å². The second-order valence-corrected chi connectivity index (χ2v) is 6.77. The largest absolute Gasteiger partial charge is 0.492 e. The molecule has 5 heteroatoms. The average Bonchev–Trinajstić information content (AvgIpc) is 2.54. The molecule has 0 unspecified atom stereocenters. The van der Waals surface area contributed by atoms with Crippen LogP contribution in [0.5, 0.6) is 5.88 Å². The third kappa shape index (κ3) is 3.06. The van der Waals surface area contributed by atoms with E-state index in [2.05, 4.69) is 11.1 Å². The third-order valence-electron chi connectivity index (χ3n) is 4.32. The minimum Gasteiger partial charge on any atom is -0.492 e. The molecular weight excluding hydrogens is 302 g/mol. The fourth-order valence-corrected chi connectivity index (χ4v) is 3.10. The molecule has 1 aromatic heterocycles.